The smallest absolute Gasteiger partial charge is 0.254 e. The fourth-order valence-electron chi connectivity index (χ4n) is 1.69. The van der Waals surface area contributed by atoms with Gasteiger partial charge in [0, 0.05) is 0 Å². The summed E-state index contributed by atoms with van der Waals surface area (Å²) < 4.78 is 18.8. The molecule has 0 radical (unpaired) electrons. The number of amides is 1. The molecule has 0 saturated heterocycles. The fourth-order valence-corrected chi connectivity index (χ4v) is 1.69. The number of halogens is 1. The Morgan fingerprint density at radius 3 is 2.78 bits per heavy atom. The second-order valence-electron chi connectivity index (χ2n) is 4.19. The molecule has 1 aromatic heterocycles. The van der Waals surface area contributed by atoms with Gasteiger partial charge in [0.2, 0.25) is 0 Å². The maximum absolute atomic E-state index is 13.6. The molecule has 94 valence electrons. The van der Waals surface area contributed by atoms with Gasteiger partial charge in [0.05, 0.1) is 17.9 Å². The van der Waals surface area contributed by atoms with E-state index in [9.17, 15) is 9.18 Å². The number of aryl methyl sites for hydroxylation is 1. The van der Waals surface area contributed by atoms with Crippen LogP contribution in [0.15, 0.2) is 41.0 Å². The van der Waals surface area contributed by atoms with Gasteiger partial charge >= 0.3 is 0 Å². The second kappa shape index (κ2) is 5.04. The maximum Gasteiger partial charge on any atom is 0.254 e. The first kappa shape index (κ1) is 12.4. The zero-order chi connectivity index (χ0) is 13.1. The van der Waals surface area contributed by atoms with E-state index in [0.29, 0.717) is 5.76 Å². The largest absolute Gasteiger partial charge is 0.467 e. The number of benzene rings is 1. The first-order chi connectivity index (χ1) is 8.58. The standard InChI is InChI=1S/C14H14FNO2/c1-9-5-6-11(12(15)8-9)14(17)16-10(2)13-4-3-7-18-13/h3-8,10H,1-2H3,(H,16,17). The Balaban J connectivity index is 2.12. The zero-order valence-corrected chi connectivity index (χ0v) is 10.2. The molecule has 1 unspecified atom stereocenters. The summed E-state index contributed by atoms with van der Waals surface area (Å²) in [6, 6.07) is 7.73. The van der Waals surface area contributed by atoms with Gasteiger partial charge in [-0.15, -0.1) is 0 Å². The highest BCUT2D eigenvalue weighted by Gasteiger charge is 2.16. The van der Waals surface area contributed by atoms with Crippen LogP contribution in [0.5, 0.6) is 0 Å². The van der Waals surface area contributed by atoms with Crippen molar-refractivity contribution in [3.8, 4) is 0 Å². The van der Waals surface area contributed by atoms with Crippen LogP contribution in [0.2, 0.25) is 0 Å². The van der Waals surface area contributed by atoms with Gasteiger partial charge in [0.15, 0.2) is 0 Å². The molecule has 1 aromatic carbocycles. The lowest BCUT2D eigenvalue weighted by Gasteiger charge is -2.12. The summed E-state index contributed by atoms with van der Waals surface area (Å²) in [5, 5.41) is 2.69. The van der Waals surface area contributed by atoms with Crippen molar-refractivity contribution < 1.29 is 13.6 Å². The van der Waals surface area contributed by atoms with E-state index in [1.54, 1.807) is 32.0 Å². The molecule has 0 spiro atoms. The highest BCUT2D eigenvalue weighted by Crippen LogP contribution is 2.15. The van der Waals surface area contributed by atoms with Gasteiger partial charge in [-0.2, -0.15) is 0 Å². The van der Waals surface area contributed by atoms with Crippen LogP contribution in [0.4, 0.5) is 4.39 Å². The molecule has 1 amide bonds. The fraction of sp³-hybridized carbons (Fsp3) is 0.214. The highest BCUT2D eigenvalue weighted by molar-refractivity contribution is 5.94. The molecule has 3 nitrogen and oxygen atoms in total. The van der Waals surface area contributed by atoms with Crippen LogP contribution in [-0.4, -0.2) is 5.91 Å². The van der Waals surface area contributed by atoms with Crippen molar-refractivity contribution in [1.82, 2.24) is 5.32 Å². The minimum Gasteiger partial charge on any atom is -0.467 e. The third kappa shape index (κ3) is 2.59. The van der Waals surface area contributed by atoms with E-state index in [4.69, 9.17) is 4.42 Å². The molecule has 2 rings (SSSR count). The lowest BCUT2D eigenvalue weighted by atomic mass is 10.1. The van der Waals surface area contributed by atoms with E-state index >= 15 is 0 Å². The average Bonchev–Trinajstić information content (AvgIpc) is 2.81. The molecule has 1 N–H and O–H groups in total. The number of hydrogen-bond donors (Lipinski definition) is 1. The lowest BCUT2D eigenvalue weighted by molar-refractivity contribution is 0.0931. The summed E-state index contributed by atoms with van der Waals surface area (Å²) in [6.07, 6.45) is 1.53. The van der Waals surface area contributed by atoms with Crippen LogP contribution in [0, 0.1) is 12.7 Å². The van der Waals surface area contributed by atoms with Crippen molar-refractivity contribution in [3.63, 3.8) is 0 Å². The molecule has 0 fully saturated rings. The van der Waals surface area contributed by atoms with E-state index in [0.717, 1.165) is 5.56 Å². The van der Waals surface area contributed by atoms with Gasteiger partial charge < -0.3 is 9.73 Å². The molecule has 0 saturated carbocycles. The van der Waals surface area contributed by atoms with Crippen molar-refractivity contribution in [1.29, 1.82) is 0 Å². The predicted molar refractivity (Wildman–Crippen MR) is 65.7 cm³/mol. The Labute approximate surface area is 105 Å². The second-order valence-corrected chi connectivity index (χ2v) is 4.19. The molecule has 0 aliphatic carbocycles. The van der Waals surface area contributed by atoms with E-state index in [1.165, 1.54) is 18.4 Å². The van der Waals surface area contributed by atoms with Crippen LogP contribution < -0.4 is 5.32 Å². The van der Waals surface area contributed by atoms with Gasteiger partial charge in [-0.25, -0.2) is 4.39 Å². The Hall–Kier alpha value is -2.10. The summed E-state index contributed by atoms with van der Waals surface area (Å²) in [7, 11) is 0. The summed E-state index contributed by atoms with van der Waals surface area (Å²) in [6.45, 7) is 3.55. The van der Waals surface area contributed by atoms with Crippen molar-refractivity contribution in [2.24, 2.45) is 0 Å². The number of carbonyl (C=O) groups excluding carboxylic acids is 1. The van der Waals surface area contributed by atoms with Gasteiger partial charge in [-0.3, -0.25) is 4.79 Å². The van der Waals surface area contributed by atoms with Crippen LogP contribution in [0.25, 0.3) is 0 Å². The molecule has 1 heterocycles. The molecule has 0 aliphatic rings. The molecular formula is C14H14FNO2. The summed E-state index contributed by atoms with van der Waals surface area (Å²) in [5.74, 6) is -0.327. The van der Waals surface area contributed by atoms with Crippen molar-refractivity contribution >= 4 is 5.91 Å². The van der Waals surface area contributed by atoms with Crippen LogP contribution in [0.3, 0.4) is 0 Å². The van der Waals surface area contributed by atoms with Crippen LogP contribution in [0.1, 0.15) is 34.6 Å². The van der Waals surface area contributed by atoms with Gasteiger partial charge in [-0.05, 0) is 43.7 Å². The van der Waals surface area contributed by atoms with E-state index < -0.39 is 11.7 Å². The third-order valence-electron chi connectivity index (χ3n) is 2.69. The zero-order valence-electron chi connectivity index (χ0n) is 10.2. The molecule has 0 aliphatic heterocycles. The summed E-state index contributed by atoms with van der Waals surface area (Å²) in [4.78, 5) is 11.9. The Bertz CT molecular complexity index is 549. The number of carbonyl (C=O) groups is 1. The van der Waals surface area contributed by atoms with Crippen molar-refractivity contribution in [3.05, 3.63) is 59.3 Å². The van der Waals surface area contributed by atoms with Gasteiger partial charge in [-0.1, -0.05) is 6.07 Å². The summed E-state index contributed by atoms with van der Waals surface area (Å²) in [5.41, 5.74) is 0.821. The van der Waals surface area contributed by atoms with Crippen molar-refractivity contribution in [2.45, 2.75) is 19.9 Å². The monoisotopic (exact) mass is 247 g/mol. The maximum atomic E-state index is 13.6. The highest BCUT2D eigenvalue weighted by atomic mass is 19.1. The third-order valence-corrected chi connectivity index (χ3v) is 2.69. The van der Waals surface area contributed by atoms with Gasteiger partial charge in [0.25, 0.3) is 5.91 Å². The molecular weight excluding hydrogens is 233 g/mol. The quantitative estimate of drug-likeness (QED) is 0.904. The average molecular weight is 247 g/mol. The summed E-state index contributed by atoms with van der Waals surface area (Å²) >= 11 is 0. The van der Waals surface area contributed by atoms with E-state index in [1.807, 2.05) is 0 Å². The number of hydrogen-bond acceptors (Lipinski definition) is 2. The first-order valence-electron chi connectivity index (χ1n) is 5.68. The first-order valence-corrected chi connectivity index (χ1v) is 5.68. The topological polar surface area (TPSA) is 42.2 Å². The van der Waals surface area contributed by atoms with Crippen LogP contribution in [-0.2, 0) is 0 Å². The molecule has 2 aromatic rings. The van der Waals surface area contributed by atoms with Crippen LogP contribution >= 0.6 is 0 Å². The number of nitrogens with one attached hydrogen (secondary N) is 1. The SMILES string of the molecule is Cc1ccc(C(=O)NC(C)c2ccco2)c(F)c1. The number of furan rings is 1. The minimum atomic E-state index is -0.515. The van der Waals surface area contributed by atoms with E-state index in [-0.39, 0.29) is 11.6 Å². The minimum absolute atomic E-state index is 0.0407. The Morgan fingerprint density at radius 2 is 2.17 bits per heavy atom. The van der Waals surface area contributed by atoms with Crippen molar-refractivity contribution in [2.75, 3.05) is 0 Å². The number of rotatable bonds is 3. The molecule has 18 heavy (non-hydrogen) atoms. The Morgan fingerprint density at radius 1 is 1.39 bits per heavy atom. The molecule has 0 bridgehead atoms. The predicted octanol–water partition coefficient (Wildman–Crippen LogP) is 3.22. The molecule has 4 heteroatoms. The van der Waals surface area contributed by atoms with E-state index in [2.05, 4.69) is 5.32 Å². The Kier molecular flexibility index (Phi) is 3.46. The normalized spacial score (nSPS) is 12.2. The molecule has 1 atom stereocenters. The lowest BCUT2D eigenvalue weighted by Crippen LogP contribution is -2.27. The van der Waals surface area contributed by atoms with Gasteiger partial charge in [0.1, 0.15) is 11.6 Å².